The van der Waals surface area contributed by atoms with Crippen molar-refractivity contribution in [1.29, 1.82) is 0 Å². The van der Waals surface area contributed by atoms with Gasteiger partial charge in [0.05, 0.1) is 11.0 Å². The number of aliphatic hydroxyl groups is 1. The standard InChI is InChI=1S/C14H22N2O3S/c1-9-7-11(15)10(2)14(8-9)20(18,19)16-12-5-3-4-6-13(12)17/h7-8,12-13,16-17H,3-6,15H2,1-2H3/t12-,13-/m0/s1. The van der Waals surface area contributed by atoms with Crippen LogP contribution in [-0.2, 0) is 10.0 Å². The minimum atomic E-state index is -3.66. The molecule has 0 heterocycles. The van der Waals surface area contributed by atoms with Gasteiger partial charge in [-0.3, -0.25) is 0 Å². The Kier molecular flexibility index (Phi) is 4.36. The molecule has 6 heteroatoms. The first-order chi connectivity index (χ1) is 9.31. The van der Waals surface area contributed by atoms with Gasteiger partial charge in [-0.05, 0) is 49.9 Å². The molecule has 112 valence electrons. The lowest BCUT2D eigenvalue weighted by atomic mass is 9.93. The van der Waals surface area contributed by atoms with Gasteiger partial charge in [-0.15, -0.1) is 0 Å². The highest BCUT2D eigenvalue weighted by Crippen LogP contribution is 2.25. The summed E-state index contributed by atoms with van der Waals surface area (Å²) in [6.45, 7) is 3.50. The Morgan fingerprint density at radius 2 is 1.90 bits per heavy atom. The topological polar surface area (TPSA) is 92.4 Å². The Hall–Kier alpha value is -1.11. The third-order valence-corrected chi connectivity index (χ3v) is 5.49. The van der Waals surface area contributed by atoms with E-state index in [0.717, 1.165) is 18.4 Å². The van der Waals surface area contributed by atoms with Crippen LogP contribution in [0.3, 0.4) is 0 Å². The quantitative estimate of drug-likeness (QED) is 0.737. The molecule has 0 saturated heterocycles. The number of aliphatic hydroxyl groups excluding tert-OH is 1. The molecule has 2 atom stereocenters. The second-order valence-corrected chi connectivity index (χ2v) is 7.24. The normalized spacial score (nSPS) is 23.8. The Bertz CT molecular complexity index is 599. The minimum Gasteiger partial charge on any atom is -0.398 e. The summed E-state index contributed by atoms with van der Waals surface area (Å²) in [4.78, 5) is 0.202. The average molecular weight is 298 g/mol. The first kappa shape index (κ1) is 15.3. The summed E-state index contributed by atoms with van der Waals surface area (Å²) in [5.74, 6) is 0. The number of nitrogens with one attached hydrogen (secondary N) is 1. The highest BCUT2D eigenvalue weighted by Gasteiger charge is 2.29. The van der Waals surface area contributed by atoms with Crippen molar-refractivity contribution in [1.82, 2.24) is 4.72 Å². The number of rotatable bonds is 3. The monoisotopic (exact) mass is 298 g/mol. The molecule has 0 aliphatic heterocycles. The van der Waals surface area contributed by atoms with E-state index in [0.29, 0.717) is 24.1 Å². The summed E-state index contributed by atoms with van der Waals surface area (Å²) >= 11 is 0. The van der Waals surface area contributed by atoms with Crippen LogP contribution < -0.4 is 10.5 Å². The Labute approximate surface area is 120 Å². The molecular formula is C14H22N2O3S. The van der Waals surface area contributed by atoms with Gasteiger partial charge < -0.3 is 10.8 Å². The molecule has 0 radical (unpaired) electrons. The van der Waals surface area contributed by atoms with Crippen LogP contribution in [0.4, 0.5) is 5.69 Å². The molecule has 0 aromatic heterocycles. The average Bonchev–Trinajstić information content (AvgIpc) is 2.36. The van der Waals surface area contributed by atoms with Crippen LogP contribution in [0.25, 0.3) is 0 Å². The molecule has 0 amide bonds. The van der Waals surface area contributed by atoms with Crippen LogP contribution in [0.15, 0.2) is 17.0 Å². The second-order valence-electron chi connectivity index (χ2n) is 5.56. The fourth-order valence-corrected chi connectivity index (χ4v) is 4.31. The highest BCUT2D eigenvalue weighted by molar-refractivity contribution is 7.89. The molecule has 20 heavy (non-hydrogen) atoms. The number of anilines is 1. The smallest absolute Gasteiger partial charge is 0.241 e. The van der Waals surface area contributed by atoms with Crippen molar-refractivity contribution in [2.75, 3.05) is 5.73 Å². The molecular weight excluding hydrogens is 276 g/mol. The van der Waals surface area contributed by atoms with Gasteiger partial charge in [0, 0.05) is 11.7 Å². The van der Waals surface area contributed by atoms with E-state index in [9.17, 15) is 13.5 Å². The summed E-state index contributed by atoms with van der Waals surface area (Å²) in [5, 5.41) is 9.91. The van der Waals surface area contributed by atoms with E-state index in [2.05, 4.69) is 4.72 Å². The van der Waals surface area contributed by atoms with Gasteiger partial charge in [0.2, 0.25) is 10.0 Å². The summed E-state index contributed by atoms with van der Waals surface area (Å²) in [5.41, 5.74) is 7.66. The zero-order chi connectivity index (χ0) is 14.9. The van der Waals surface area contributed by atoms with Gasteiger partial charge in [0.15, 0.2) is 0 Å². The molecule has 0 unspecified atom stereocenters. The van der Waals surface area contributed by atoms with Crippen molar-refractivity contribution in [2.24, 2.45) is 0 Å². The molecule has 1 aromatic rings. The van der Waals surface area contributed by atoms with E-state index in [1.807, 2.05) is 6.92 Å². The van der Waals surface area contributed by atoms with Crippen LogP contribution in [0.1, 0.15) is 36.8 Å². The lowest BCUT2D eigenvalue weighted by Crippen LogP contribution is -2.45. The molecule has 0 bridgehead atoms. The van der Waals surface area contributed by atoms with Crippen LogP contribution in [0.5, 0.6) is 0 Å². The predicted molar refractivity (Wildman–Crippen MR) is 78.9 cm³/mol. The van der Waals surface area contributed by atoms with E-state index in [4.69, 9.17) is 5.73 Å². The van der Waals surface area contributed by atoms with E-state index in [-0.39, 0.29) is 4.90 Å². The summed E-state index contributed by atoms with van der Waals surface area (Å²) in [6, 6.07) is 2.96. The van der Waals surface area contributed by atoms with Crippen molar-refractivity contribution in [3.8, 4) is 0 Å². The minimum absolute atomic E-state index is 0.202. The third-order valence-electron chi connectivity index (χ3n) is 3.87. The molecule has 0 spiro atoms. The fraction of sp³-hybridized carbons (Fsp3) is 0.571. The predicted octanol–water partition coefficient (Wildman–Crippen LogP) is 1.47. The maximum absolute atomic E-state index is 12.5. The van der Waals surface area contributed by atoms with Gasteiger partial charge >= 0.3 is 0 Å². The van der Waals surface area contributed by atoms with Crippen molar-refractivity contribution < 1.29 is 13.5 Å². The van der Waals surface area contributed by atoms with Gasteiger partial charge in [-0.2, -0.15) is 0 Å². The number of sulfonamides is 1. The van der Waals surface area contributed by atoms with E-state index in [1.165, 1.54) is 0 Å². The molecule has 1 aliphatic carbocycles. The molecule has 5 nitrogen and oxygen atoms in total. The zero-order valence-corrected chi connectivity index (χ0v) is 12.7. The maximum atomic E-state index is 12.5. The molecule has 1 fully saturated rings. The van der Waals surface area contributed by atoms with E-state index >= 15 is 0 Å². The van der Waals surface area contributed by atoms with Gasteiger partial charge in [0.1, 0.15) is 0 Å². The van der Waals surface area contributed by atoms with Crippen LogP contribution in [0, 0.1) is 13.8 Å². The summed E-state index contributed by atoms with van der Waals surface area (Å²) in [7, 11) is -3.66. The Balaban J connectivity index is 2.31. The first-order valence-corrected chi connectivity index (χ1v) is 8.36. The SMILES string of the molecule is Cc1cc(N)c(C)c(S(=O)(=O)N[C@H]2CCCC[C@@H]2O)c1. The van der Waals surface area contributed by atoms with Gasteiger partial charge in [0.25, 0.3) is 0 Å². The zero-order valence-electron chi connectivity index (χ0n) is 11.9. The number of hydrogen-bond acceptors (Lipinski definition) is 4. The number of nitrogens with two attached hydrogens (primary N) is 1. The Morgan fingerprint density at radius 1 is 1.25 bits per heavy atom. The van der Waals surface area contributed by atoms with Gasteiger partial charge in [-0.25, -0.2) is 13.1 Å². The third kappa shape index (κ3) is 3.13. The van der Waals surface area contributed by atoms with Crippen molar-refractivity contribution in [2.45, 2.75) is 56.6 Å². The summed E-state index contributed by atoms with van der Waals surface area (Å²) in [6.07, 6.45) is 2.57. The van der Waals surface area contributed by atoms with Crippen LogP contribution in [0.2, 0.25) is 0 Å². The first-order valence-electron chi connectivity index (χ1n) is 6.88. The highest BCUT2D eigenvalue weighted by atomic mass is 32.2. The summed E-state index contributed by atoms with van der Waals surface area (Å²) < 4.78 is 27.6. The number of benzene rings is 1. The lowest BCUT2D eigenvalue weighted by Gasteiger charge is -2.28. The van der Waals surface area contributed by atoms with E-state index < -0.39 is 22.2 Å². The number of aryl methyl sites for hydroxylation is 1. The maximum Gasteiger partial charge on any atom is 0.241 e. The number of hydrogen-bond donors (Lipinski definition) is 3. The molecule has 4 N–H and O–H groups in total. The fourth-order valence-electron chi connectivity index (χ4n) is 2.64. The van der Waals surface area contributed by atoms with Gasteiger partial charge in [-0.1, -0.05) is 12.8 Å². The largest absolute Gasteiger partial charge is 0.398 e. The molecule has 2 rings (SSSR count). The Morgan fingerprint density at radius 3 is 2.55 bits per heavy atom. The van der Waals surface area contributed by atoms with Crippen molar-refractivity contribution in [3.63, 3.8) is 0 Å². The number of nitrogen functional groups attached to an aromatic ring is 1. The molecule has 1 aliphatic rings. The molecule has 1 saturated carbocycles. The van der Waals surface area contributed by atoms with Crippen molar-refractivity contribution >= 4 is 15.7 Å². The second kappa shape index (κ2) is 5.71. The van der Waals surface area contributed by atoms with Crippen LogP contribution >= 0.6 is 0 Å². The van der Waals surface area contributed by atoms with Crippen molar-refractivity contribution in [3.05, 3.63) is 23.3 Å². The van der Waals surface area contributed by atoms with E-state index in [1.54, 1.807) is 19.1 Å². The lowest BCUT2D eigenvalue weighted by molar-refractivity contribution is 0.101. The molecule has 1 aromatic carbocycles. The van der Waals surface area contributed by atoms with Crippen LogP contribution in [-0.4, -0.2) is 25.7 Å².